The van der Waals surface area contributed by atoms with Crippen molar-refractivity contribution in [3.63, 3.8) is 0 Å². The maximum absolute atomic E-state index is 5.82. The molecule has 1 aliphatic heterocycles. The van der Waals surface area contributed by atoms with Gasteiger partial charge >= 0.3 is 0 Å². The van der Waals surface area contributed by atoms with E-state index in [1.807, 2.05) is 37.3 Å². The Morgan fingerprint density at radius 2 is 1.83 bits per heavy atom. The summed E-state index contributed by atoms with van der Waals surface area (Å²) in [5.74, 6) is 2.18. The molecule has 18 heavy (non-hydrogen) atoms. The molecule has 2 atom stereocenters. The molecule has 1 aliphatic rings. The van der Waals surface area contributed by atoms with Gasteiger partial charge in [0.05, 0.1) is 13.2 Å². The first kappa shape index (κ1) is 13.4. The first-order chi connectivity index (χ1) is 8.88. The molecule has 3 heteroatoms. The van der Waals surface area contributed by atoms with Crippen molar-refractivity contribution in [2.24, 2.45) is 11.8 Å². The van der Waals surface area contributed by atoms with Crippen LogP contribution in [0.15, 0.2) is 30.3 Å². The highest BCUT2D eigenvalue weighted by Crippen LogP contribution is 2.18. The maximum Gasteiger partial charge on any atom is 0.119 e. The van der Waals surface area contributed by atoms with Crippen molar-refractivity contribution in [3.8, 4) is 5.75 Å². The molecule has 2 rings (SSSR count). The van der Waals surface area contributed by atoms with Crippen molar-refractivity contribution >= 4 is 0 Å². The van der Waals surface area contributed by atoms with E-state index in [-0.39, 0.29) is 0 Å². The van der Waals surface area contributed by atoms with Crippen LogP contribution >= 0.6 is 0 Å². The summed E-state index contributed by atoms with van der Waals surface area (Å²) in [6.45, 7) is 6.64. The smallest absolute Gasteiger partial charge is 0.119 e. The fraction of sp³-hybridized carbons (Fsp3) is 0.600. The van der Waals surface area contributed by atoms with Crippen molar-refractivity contribution in [3.05, 3.63) is 30.3 Å². The number of para-hydroxylation sites is 1. The highest BCUT2D eigenvalue weighted by atomic mass is 16.5. The average Bonchev–Trinajstić information content (AvgIpc) is 2.44. The van der Waals surface area contributed by atoms with Gasteiger partial charge in [0.25, 0.3) is 0 Å². The molecule has 1 N–H and O–H groups in total. The zero-order chi connectivity index (χ0) is 12.6. The number of hydrogen-bond donors (Lipinski definition) is 1. The topological polar surface area (TPSA) is 30.5 Å². The van der Waals surface area contributed by atoms with Gasteiger partial charge < -0.3 is 14.8 Å². The molecule has 1 heterocycles. The van der Waals surface area contributed by atoms with Gasteiger partial charge in [-0.05, 0) is 31.4 Å². The Hall–Kier alpha value is -1.06. The summed E-state index contributed by atoms with van der Waals surface area (Å²) in [7, 11) is 0. The van der Waals surface area contributed by atoms with E-state index in [4.69, 9.17) is 9.47 Å². The molecule has 1 saturated heterocycles. The number of nitrogens with one attached hydrogen (secondary N) is 1. The highest BCUT2D eigenvalue weighted by Gasteiger charge is 2.22. The Balaban J connectivity index is 1.72. The summed E-state index contributed by atoms with van der Waals surface area (Å²) in [6.07, 6.45) is 1.19. The SMILES string of the molecule is CCOC[C@H]1CNC[C@H](COc2ccccc2)C1. The van der Waals surface area contributed by atoms with Crippen LogP contribution in [0.25, 0.3) is 0 Å². The van der Waals surface area contributed by atoms with E-state index in [2.05, 4.69) is 5.32 Å². The van der Waals surface area contributed by atoms with Crippen molar-refractivity contribution in [2.75, 3.05) is 32.9 Å². The molecule has 0 aliphatic carbocycles. The number of rotatable bonds is 6. The normalized spacial score (nSPS) is 23.8. The van der Waals surface area contributed by atoms with Crippen LogP contribution in [-0.4, -0.2) is 32.9 Å². The van der Waals surface area contributed by atoms with Gasteiger partial charge in [-0.2, -0.15) is 0 Å². The molecule has 100 valence electrons. The zero-order valence-electron chi connectivity index (χ0n) is 11.1. The molecule has 3 nitrogen and oxygen atoms in total. The third kappa shape index (κ3) is 4.31. The molecular formula is C15H23NO2. The first-order valence-electron chi connectivity index (χ1n) is 6.84. The lowest BCUT2D eigenvalue weighted by Gasteiger charge is -2.29. The second-order valence-corrected chi connectivity index (χ2v) is 4.91. The minimum Gasteiger partial charge on any atom is -0.493 e. The molecule has 1 aromatic rings. The summed E-state index contributed by atoms with van der Waals surface area (Å²) >= 11 is 0. The third-order valence-electron chi connectivity index (χ3n) is 3.32. The molecule has 0 radical (unpaired) electrons. The highest BCUT2D eigenvalue weighted by molar-refractivity contribution is 5.20. The lowest BCUT2D eigenvalue weighted by atomic mass is 9.91. The van der Waals surface area contributed by atoms with E-state index < -0.39 is 0 Å². The van der Waals surface area contributed by atoms with Crippen molar-refractivity contribution < 1.29 is 9.47 Å². The number of benzene rings is 1. The summed E-state index contributed by atoms with van der Waals surface area (Å²) < 4.78 is 11.3. The molecule has 0 bridgehead atoms. The van der Waals surface area contributed by atoms with E-state index in [1.54, 1.807) is 0 Å². The fourth-order valence-corrected chi connectivity index (χ4v) is 2.40. The molecular weight excluding hydrogens is 226 g/mol. The Morgan fingerprint density at radius 3 is 2.56 bits per heavy atom. The molecule has 0 amide bonds. The molecule has 0 spiro atoms. The average molecular weight is 249 g/mol. The minimum absolute atomic E-state index is 0.587. The van der Waals surface area contributed by atoms with Crippen LogP contribution in [0.1, 0.15) is 13.3 Å². The van der Waals surface area contributed by atoms with Crippen LogP contribution in [0, 0.1) is 11.8 Å². The number of piperidine rings is 1. The Labute approximate surface area is 109 Å². The monoisotopic (exact) mass is 249 g/mol. The van der Waals surface area contributed by atoms with Crippen molar-refractivity contribution in [2.45, 2.75) is 13.3 Å². The Kier molecular flexibility index (Phi) is 5.49. The summed E-state index contributed by atoms with van der Waals surface area (Å²) in [4.78, 5) is 0. The fourth-order valence-electron chi connectivity index (χ4n) is 2.40. The molecule has 1 aromatic carbocycles. The number of hydrogen-bond acceptors (Lipinski definition) is 3. The van der Waals surface area contributed by atoms with E-state index in [0.29, 0.717) is 11.8 Å². The molecule has 1 fully saturated rings. The van der Waals surface area contributed by atoms with Crippen LogP contribution in [0.4, 0.5) is 0 Å². The number of ether oxygens (including phenoxy) is 2. The third-order valence-corrected chi connectivity index (χ3v) is 3.32. The van der Waals surface area contributed by atoms with Gasteiger partial charge in [0.2, 0.25) is 0 Å². The van der Waals surface area contributed by atoms with Crippen LogP contribution in [0.2, 0.25) is 0 Å². The standard InChI is InChI=1S/C15H23NO2/c1-2-17-11-13-8-14(10-16-9-13)12-18-15-6-4-3-5-7-15/h3-7,13-14,16H,2,8-12H2,1H3/t13-,14-/m1/s1. The predicted octanol–water partition coefficient (Wildman–Crippen LogP) is 2.33. The molecule has 0 unspecified atom stereocenters. The van der Waals surface area contributed by atoms with E-state index in [0.717, 1.165) is 38.7 Å². The summed E-state index contributed by atoms with van der Waals surface area (Å²) in [6, 6.07) is 10.0. The Morgan fingerprint density at radius 1 is 1.11 bits per heavy atom. The summed E-state index contributed by atoms with van der Waals surface area (Å²) in [5.41, 5.74) is 0. The zero-order valence-corrected chi connectivity index (χ0v) is 11.1. The van der Waals surface area contributed by atoms with Gasteiger partial charge in [-0.25, -0.2) is 0 Å². The van der Waals surface area contributed by atoms with Gasteiger partial charge in [0.1, 0.15) is 5.75 Å². The van der Waals surface area contributed by atoms with Gasteiger partial charge in [-0.1, -0.05) is 18.2 Å². The van der Waals surface area contributed by atoms with Crippen LogP contribution in [0.3, 0.4) is 0 Å². The van der Waals surface area contributed by atoms with E-state index in [9.17, 15) is 0 Å². The van der Waals surface area contributed by atoms with Gasteiger partial charge in [-0.15, -0.1) is 0 Å². The second-order valence-electron chi connectivity index (χ2n) is 4.91. The second kappa shape index (κ2) is 7.39. The quantitative estimate of drug-likeness (QED) is 0.839. The first-order valence-corrected chi connectivity index (χ1v) is 6.84. The van der Waals surface area contributed by atoms with Crippen molar-refractivity contribution in [1.82, 2.24) is 5.32 Å². The van der Waals surface area contributed by atoms with Crippen LogP contribution < -0.4 is 10.1 Å². The summed E-state index contributed by atoms with van der Waals surface area (Å²) in [5, 5.41) is 3.47. The van der Waals surface area contributed by atoms with Crippen molar-refractivity contribution in [1.29, 1.82) is 0 Å². The van der Waals surface area contributed by atoms with Crippen LogP contribution in [0.5, 0.6) is 5.75 Å². The van der Waals surface area contributed by atoms with E-state index in [1.165, 1.54) is 6.42 Å². The largest absolute Gasteiger partial charge is 0.493 e. The van der Waals surface area contributed by atoms with Gasteiger partial charge in [0.15, 0.2) is 0 Å². The minimum atomic E-state index is 0.587. The predicted molar refractivity (Wildman–Crippen MR) is 72.9 cm³/mol. The molecule has 0 aromatic heterocycles. The van der Waals surface area contributed by atoms with Crippen LogP contribution in [-0.2, 0) is 4.74 Å². The lowest BCUT2D eigenvalue weighted by Crippen LogP contribution is -2.40. The van der Waals surface area contributed by atoms with Gasteiger partial charge in [-0.3, -0.25) is 0 Å². The van der Waals surface area contributed by atoms with Gasteiger partial charge in [0, 0.05) is 25.6 Å². The van der Waals surface area contributed by atoms with E-state index >= 15 is 0 Å². The maximum atomic E-state index is 5.82. The lowest BCUT2D eigenvalue weighted by molar-refractivity contribution is 0.0803. The Bertz CT molecular complexity index is 329. The molecule has 0 saturated carbocycles.